The molecule has 2 heterocycles. The van der Waals surface area contributed by atoms with E-state index in [1.807, 2.05) is 4.90 Å². The summed E-state index contributed by atoms with van der Waals surface area (Å²) in [5.41, 5.74) is -0.411. The van der Waals surface area contributed by atoms with Crippen LogP contribution < -0.4 is 0 Å². The molecule has 1 fully saturated rings. The number of hydrogen-bond donors (Lipinski definition) is 0. The zero-order chi connectivity index (χ0) is 16.4. The van der Waals surface area contributed by atoms with E-state index in [0.29, 0.717) is 41.9 Å². The number of ether oxygens (including phenoxy) is 1. The number of amides is 1. The molecule has 1 amide bonds. The predicted octanol–water partition coefficient (Wildman–Crippen LogP) is 3.01. The highest BCUT2D eigenvalue weighted by atomic mass is 32.2. The Labute approximate surface area is 135 Å². The molecule has 0 unspecified atom stereocenters. The van der Waals surface area contributed by atoms with Crippen molar-refractivity contribution in [2.45, 2.75) is 6.18 Å². The molecule has 0 aliphatic carbocycles. The van der Waals surface area contributed by atoms with Crippen molar-refractivity contribution in [2.24, 2.45) is 4.99 Å². The summed E-state index contributed by atoms with van der Waals surface area (Å²) in [5.74, 6) is -0.422. The third-order valence-corrected chi connectivity index (χ3v) is 4.45. The number of aliphatic imine (C=N–C) groups is 1. The molecule has 4 nitrogen and oxygen atoms in total. The standard InChI is InChI=1S/C15H13F3N2O2S/c16-15(17,18)11-3-1-2-10(8-11)9-12-13(21)19-14(23-12)20-4-6-22-7-5-20/h1-3,8-9H,4-7H2. The van der Waals surface area contributed by atoms with Gasteiger partial charge < -0.3 is 9.64 Å². The van der Waals surface area contributed by atoms with Gasteiger partial charge in [0.15, 0.2) is 5.17 Å². The van der Waals surface area contributed by atoms with E-state index in [4.69, 9.17) is 4.74 Å². The molecule has 0 bridgehead atoms. The number of rotatable bonds is 1. The maximum absolute atomic E-state index is 12.7. The summed E-state index contributed by atoms with van der Waals surface area (Å²) >= 11 is 1.18. The number of carbonyl (C=O) groups is 1. The summed E-state index contributed by atoms with van der Waals surface area (Å²) < 4.78 is 43.4. The molecule has 2 aliphatic rings. The molecule has 3 rings (SSSR count). The average Bonchev–Trinajstić information content (AvgIpc) is 2.89. The van der Waals surface area contributed by atoms with Gasteiger partial charge in [-0.15, -0.1) is 0 Å². The number of amidine groups is 1. The van der Waals surface area contributed by atoms with Crippen LogP contribution >= 0.6 is 11.8 Å². The van der Waals surface area contributed by atoms with Crippen molar-refractivity contribution in [3.05, 3.63) is 40.3 Å². The second kappa shape index (κ2) is 6.37. The van der Waals surface area contributed by atoms with E-state index < -0.39 is 17.6 Å². The van der Waals surface area contributed by atoms with Gasteiger partial charge in [-0.05, 0) is 35.5 Å². The van der Waals surface area contributed by atoms with Crippen molar-refractivity contribution >= 4 is 28.9 Å². The first-order valence-corrected chi connectivity index (χ1v) is 7.78. The van der Waals surface area contributed by atoms with E-state index in [0.717, 1.165) is 12.1 Å². The van der Waals surface area contributed by atoms with Crippen molar-refractivity contribution in [3.63, 3.8) is 0 Å². The second-order valence-corrected chi connectivity index (χ2v) is 6.04. The molecule has 0 aromatic heterocycles. The number of benzene rings is 1. The molecule has 2 aliphatic heterocycles. The van der Waals surface area contributed by atoms with Crippen LogP contribution in [-0.2, 0) is 15.7 Å². The van der Waals surface area contributed by atoms with E-state index in [1.165, 1.54) is 30.0 Å². The number of halogens is 3. The Bertz CT molecular complexity index is 680. The number of nitrogens with zero attached hydrogens (tertiary/aromatic N) is 2. The van der Waals surface area contributed by atoms with Gasteiger partial charge in [0.25, 0.3) is 5.91 Å². The van der Waals surface area contributed by atoms with Crippen molar-refractivity contribution in [1.82, 2.24) is 4.90 Å². The first-order chi connectivity index (χ1) is 10.9. The van der Waals surface area contributed by atoms with Crippen molar-refractivity contribution in [3.8, 4) is 0 Å². The molecule has 23 heavy (non-hydrogen) atoms. The zero-order valence-corrected chi connectivity index (χ0v) is 12.8. The number of alkyl halides is 3. The molecule has 0 radical (unpaired) electrons. The number of hydrogen-bond acceptors (Lipinski definition) is 4. The first kappa shape index (κ1) is 16.1. The molecule has 0 N–H and O–H groups in total. The third-order valence-electron chi connectivity index (χ3n) is 3.40. The highest BCUT2D eigenvalue weighted by molar-refractivity contribution is 8.18. The Morgan fingerprint density at radius 2 is 2.00 bits per heavy atom. The van der Waals surface area contributed by atoms with Crippen LogP contribution in [0, 0.1) is 0 Å². The molecule has 1 saturated heterocycles. The molecular formula is C15H13F3N2O2S. The lowest BCUT2D eigenvalue weighted by Gasteiger charge is -2.27. The summed E-state index contributed by atoms with van der Waals surface area (Å²) in [6.07, 6.45) is -2.96. The van der Waals surface area contributed by atoms with Gasteiger partial charge in [0.2, 0.25) is 0 Å². The van der Waals surface area contributed by atoms with E-state index in [-0.39, 0.29) is 0 Å². The maximum Gasteiger partial charge on any atom is 0.416 e. The fourth-order valence-corrected chi connectivity index (χ4v) is 3.21. The summed E-state index contributed by atoms with van der Waals surface area (Å²) in [4.78, 5) is 18.2. The topological polar surface area (TPSA) is 41.9 Å². The second-order valence-electron chi connectivity index (χ2n) is 5.03. The van der Waals surface area contributed by atoms with Gasteiger partial charge >= 0.3 is 6.18 Å². The monoisotopic (exact) mass is 342 g/mol. The smallest absolute Gasteiger partial charge is 0.378 e. The van der Waals surface area contributed by atoms with Crippen LogP contribution in [0.5, 0.6) is 0 Å². The molecule has 0 saturated carbocycles. The SMILES string of the molecule is O=C1N=C(N2CCOCC2)SC1=Cc1cccc(C(F)(F)F)c1. The van der Waals surface area contributed by atoms with Crippen LogP contribution in [0.25, 0.3) is 6.08 Å². The van der Waals surface area contributed by atoms with Gasteiger partial charge in [-0.25, -0.2) is 0 Å². The Balaban J connectivity index is 1.78. The number of carbonyl (C=O) groups excluding carboxylic acids is 1. The van der Waals surface area contributed by atoms with Crippen LogP contribution in [-0.4, -0.2) is 42.3 Å². The molecule has 8 heteroatoms. The normalized spacial score (nSPS) is 21.0. The van der Waals surface area contributed by atoms with E-state index in [2.05, 4.69) is 4.99 Å². The molecule has 0 atom stereocenters. The lowest BCUT2D eigenvalue weighted by Crippen LogP contribution is -2.38. The lowest BCUT2D eigenvalue weighted by molar-refractivity contribution is -0.137. The molecule has 0 spiro atoms. The first-order valence-electron chi connectivity index (χ1n) is 6.96. The van der Waals surface area contributed by atoms with Gasteiger partial charge in [0.05, 0.1) is 23.7 Å². The van der Waals surface area contributed by atoms with Gasteiger partial charge in [-0.3, -0.25) is 4.79 Å². The number of morpholine rings is 1. The zero-order valence-electron chi connectivity index (χ0n) is 12.0. The third kappa shape index (κ3) is 3.76. The molecule has 1 aromatic carbocycles. The quantitative estimate of drug-likeness (QED) is 0.736. The molecule has 122 valence electrons. The Kier molecular flexibility index (Phi) is 4.45. The van der Waals surface area contributed by atoms with Crippen molar-refractivity contribution < 1.29 is 22.7 Å². The van der Waals surface area contributed by atoms with E-state index in [1.54, 1.807) is 0 Å². The van der Waals surface area contributed by atoms with E-state index >= 15 is 0 Å². The Hall–Kier alpha value is -1.80. The predicted molar refractivity (Wildman–Crippen MR) is 81.8 cm³/mol. The Morgan fingerprint density at radius 3 is 2.70 bits per heavy atom. The lowest BCUT2D eigenvalue weighted by atomic mass is 10.1. The van der Waals surface area contributed by atoms with Gasteiger partial charge in [0, 0.05) is 13.1 Å². The fraction of sp³-hybridized carbons (Fsp3) is 0.333. The summed E-state index contributed by atoms with van der Waals surface area (Å²) in [6.45, 7) is 2.44. The van der Waals surface area contributed by atoms with Crippen LogP contribution in [0.4, 0.5) is 13.2 Å². The molecule has 1 aromatic rings. The van der Waals surface area contributed by atoms with Crippen LogP contribution in [0.1, 0.15) is 11.1 Å². The highest BCUT2D eigenvalue weighted by Gasteiger charge is 2.31. The van der Waals surface area contributed by atoms with E-state index in [9.17, 15) is 18.0 Å². The maximum atomic E-state index is 12.7. The number of thioether (sulfide) groups is 1. The fourth-order valence-electron chi connectivity index (χ4n) is 2.24. The average molecular weight is 342 g/mol. The summed E-state index contributed by atoms with van der Waals surface area (Å²) in [6, 6.07) is 4.88. The summed E-state index contributed by atoms with van der Waals surface area (Å²) in [7, 11) is 0. The largest absolute Gasteiger partial charge is 0.416 e. The van der Waals surface area contributed by atoms with Crippen LogP contribution in [0.2, 0.25) is 0 Å². The minimum absolute atomic E-state index is 0.325. The van der Waals surface area contributed by atoms with Crippen LogP contribution in [0.15, 0.2) is 34.2 Å². The van der Waals surface area contributed by atoms with Gasteiger partial charge in [-0.2, -0.15) is 18.2 Å². The summed E-state index contributed by atoms with van der Waals surface area (Å²) in [5, 5.41) is 0.580. The van der Waals surface area contributed by atoms with Gasteiger partial charge in [-0.1, -0.05) is 12.1 Å². The minimum atomic E-state index is -4.41. The minimum Gasteiger partial charge on any atom is -0.378 e. The van der Waals surface area contributed by atoms with Crippen molar-refractivity contribution in [2.75, 3.05) is 26.3 Å². The Morgan fingerprint density at radius 1 is 1.26 bits per heavy atom. The van der Waals surface area contributed by atoms with Gasteiger partial charge in [0.1, 0.15) is 0 Å². The highest BCUT2D eigenvalue weighted by Crippen LogP contribution is 2.33. The van der Waals surface area contributed by atoms with Crippen LogP contribution in [0.3, 0.4) is 0 Å². The van der Waals surface area contributed by atoms with Crippen molar-refractivity contribution in [1.29, 1.82) is 0 Å². The molecular weight excluding hydrogens is 329 g/mol.